The Labute approximate surface area is 135 Å². The molecule has 2 atom stereocenters. The average Bonchev–Trinajstić information content (AvgIpc) is 3.04. The number of rotatable bonds is 5. The smallest absolute Gasteiger partial charge is 0.192 e. The van der Waals surface area contributed by atoms with Crippen molar-refractivity contribution in [3.63, 3.8) is 0 Å². The average molecular weight is 339 g/mol. The number of thioether (sulfide) groups is 1. The molecule has 0 spiro atoms. The fourth-order valence-corrected chi connectivity index (χ4v) is 5.87. The van der Waals surface area contributed by atoms with Gasteiger partial charge in [0.25, 0.3) is 0 Å². The van der Waals surface area contributed by atoms with Gasteiger partial charge in [0, 0.05) is 17.7 Å². The van der Waals surface area contributed by atoms with Gasteiger partial charge in [-0.2, -0.15) is 0 Å². The van der Waals surface area contributed by atoms with E-state index in [-0.39, 0.29) is 17.4 Å². The predicted octanol–water partition coefficient (Wildman–Crippen LogP) is 2.57. The second-order valence-electron chi connectivity index (χ2n) is 5.86. The zero-order valence-corrected chi connectivity index (χ0v) is 14.2. The summed E-state index contributed by atoms with van der Waals surface area (Å²) in [6.07, 6.45) is 10.4. The van der Waals surface area contributed by atoms with Crippen LogP contribution in [-0.4, -0.2) is 39.9 Å². The number of allylic oxidation sites excluding steroid dienone is 2. The fourth-order valence-electron chi connectivity index (χ4n) is 3.00. The molecule has 22 heavy (non-hydrogen) atoms. The maximum Gasteiger partial charge on any atom is 0.192 e. The molecule has 5 nitrogen and oxygen atoms in total. The normalized spacial score (nSPS) is 27.1. The monoisotopic (exact) mass is 339 g/mol. The minimum absolute atomic E-state index is 0.0336. The number of hydrogen-bond donors (Lipinski definition) is 0. The van der Waals surface area contributed by atoms with Gasteiger partial charge in [0.15, 0.2) is 15.0 Å². The van der Waals surface area contributed by atoms with Crippen LogP contribution in [0.25, 0.3) is 0 Å². The summed E-state index contributed by atoms with van der Waals surface area (Å²) in [6.45, 7) is 4.42. The van der Waals surface area contributed by atoms with Gasteiger partial charge in [0.2, 0.25) is 0 Å². The van der Waals surface area contributed by atoms with Gasteiger partial charge in [-0.25, -0.2) is 8.42 Å². The van der Waals surface area contributed by atoms with Crippen molar-refractivity contribution < 1.29 is 8.42 Å². The molecule has 3 rings (SSSR count). The fraction of sp³-hybridized carbons (Fsp3) is 0.600. The van der Waals surface area contributed by atoms with Gasteiger partial charge in [-0.05, 0) is 25.7 Å². The van der Waals surface area contributed by atoms with E-state index in [1.165, 1.54) is 6.42 Å². The van der Waals surface area contributed by atoms with E-state index < -0.39 is 9.84 Å². The molecule has 0 saturated carbocycles. The number of nitrogens with zero attached hydrogens (tertiary/aromatic N) is 3. The Hall–Kier alpha value is -1.08. The summed E-state index contributed by atoms with van der Waals surface area (Å²) in [6, 6.07) is 0. The number of sulfone groups is 1. The van der Waals surface area contributed by atoms with Crippen molar-refractivity contribution in [2.75, 3.05) is 11.5 Å². The van der Waals surface area contributed by atoms with Crippen LogP contribution < -0.4 is 0 Å². The van der Waals surface area contributed by atoms with Crippen molar-refractivity contribution in [3.8, 4) is 0 Å². The van der Waals surface area contributed by atoms with Crippen LogP contribution in [0, 0.1) is 0 Å². The van der Waals surface area contributed by atoms with Gasteiger partial charge in [0.05, 0.1) is 11.5 Å². The van der Waals surface area contributed by atoms with Crippen LogP contribution in [0.3, 0.4) is 0 Å². The van der Waals surface area contributed by atoms with Crippen LogP contribution in [0.5, 0.6) is 0 Å². The van der Waals surface area contributed by atoms with Crippen molar-refractivity contribution in [1.82, 2.24) is 14.8 Å². The molecule has 0 aromatic carbocycles. The highest BCUT2D eigenvalue weighted by Crippen LogP contribution is 2.33. The van der Waals surface area contributed by atoms with Crippen LogP contribution in [0.4, 0.5) is 0 Å². The largest absolute Gasteiger partial charge is 0.302 e. The van der Waals surface area contributed by atoms with Crippen LogP contribution in [0.2, 0.25) is 0 Å². The Kier molecular flexibility index (Phi) is 4.73. The van der Waals surface area contributed by atoms with E-state index in [0.29, 0.717) is 18.2 Å². The lowest BCUT2D eigenvalue weighted by Crippen LogP contribution is -2.12. The quantitative estimate of drug-likeness (QED) is 0.772. The summed E-state index contributed by atoms with van der Waals surface area (Å²) in [5, 5.41) is 9.93. The summed E-state index contributed by atoms with van der Waals surface area (Å²) < 4.78 is 25.5. The summed E-state index contributed by atoms with van der Waals surface area (Å²) in [5.74, 6) is 1.21. The summed E-state index contributed by atoms with van der Waals surface area (Å²) in [5.41, 5.74) is 0. The second-order valence-corrected chi connectivity index (χ2v) is 9.29. The van der Waals surface area contributed by atoms with Crippen molar-refractivity contribution in [2.45, 2.75) is 48.6 Å². The number of hydrogen-bond acceptors (Lipinski definition) is 5. The first kappa shape index (κ1) is 15.8. The second kappa shape index (κ2) is 6.58. The molecule has 0 unspecified atom stereocenters. The highest BCUT2D eigenvalue weighted by molar-refractivity contribution is 7.99. The molecular weight excluding hydrogens is 318 g/mol. The third-order valence-electron chi connectivity index (χ3n) is 4.12. The molecular formula is C15H21N3O2S2. The highest BCUT2D eigenvalue weighted by atomic mass is 32.2. The molecule has 1 fully saturated rings. The maximum absolute atomic E-state index is 11.7. The third kappa shape index (κ3) is 3.46. The molecule has 0 bridgehead atoms. The SMILES string of the molecule is C=CCn1c(S[C@H]2C=CCCC2)nnc1[C@@H]1CCS(=O)(=O)C1. The molecule has 1 aliphatic carbocycles. The maximum atomic E-state index is 11.7. The van der Waals surface area contributed by atoms with Gasteiger partial charge < -0.3 is 4.57 Å². The van der Waals surface area contributed by atoms with Crippen molar-refractivity contribution in [3.05, 3.63) is 30.6 Å². The Morgan fingerprint density at radius 1 is 1.41 bits per heavy atom. The molecule has 1 aromatic rings. The highest BCUT2D eigenvalue weighted by Gasteiger charge is 2.33. The summed E-state index contributed by atoms with van der Waals surface area (Å²) >= 11 is 1.72. The minimum Gasteiger partial charge on any atom is -0.302 e. The molecule has 2 heterocycles. The molecule has 1 aliphatic heterocycles. The molecule has 7 heteroatoms. The first-order chi connectivity index (χ1) is 10.6. The van der Waals surface area contributed by atoms with Crippen LogP contribution in [-0.2, 0) is 16.4 Å². The predicted molar refractivity (Wildman–Crippen MR) is 88.9 cm³/mol. The molecule has 120 valence electrons. The van der Waals surface area contributed by atoms with Gasteiger partial charge in [0.1, 0.15) is 5.82 Å². The van der Waals surface area contributed by atoms with E-state index in [9.17, 15) is 8.42 Å². The van der Waals surface area contributed by atoms with E-state index in [1.807, 2.05) is 10.6 Å². The van der Waals surface area contributed by atoms with E-state index in [4.69, 9.17) is 0 Å². The van der Waals surface area contributed by atoms with Gasteiger partial charge >= 0.3 is 0 Å². The minimum atomic E-state index is -2.92. The Morgan fingerprint density at radius 2 is 2.27 bits per heavy atom. The van der Waals surface area contributed by atoms with Gasteiger partial charge in [-0.1, -0.05) is 30.0 Å². The van der Waals surface area contributed by atoms with Crippen molar-refractivity contribution in [1.29, 1.82) is 0 Å². The molecule has 0 N–H and O–H groups in total. The topological polar surface area (TPSA) is 64.8 Å². The summed E-state index contributed by atoms with van der Waals surface area (Å²) in [7, 11) is -2.92. The third-order valence-corrected chi connectivity index (χ3v) is 7.10. The Balaban J connectivity index is 1.83. The lowest BCUT2D eigenvalue weighted by atomic mass is 10.1. The number of aromatic nitrogens is 3. The van der Waals surface area contributed by atoms with E-state index in [1.54, 1.807) is 11.8 Å². The first-order valence-corrected chi connectivity index (χ1v) is 10.4. The van der Waals surface area contributed by atoms with E-state index in [2.05, 4.69) is 28.9 Å². The standard InChI is InChI=1S/C15H21N3O2S2/c1-2-9-18-14(12-8-10-22(19,20)11-12)16-17-15(18)21-13-6-4-3-5-7-13/h2,4,6,12-13H,1,3,5,7-11H2/t12-,13+/m1/s1. The van der Waals surface area contributed by atoms with E-state index in [0.717, 1.165) is 23.8 Å². The molecule has 1 saturated heterocycles. The Bertz CT molecular complexity index is 679. The van der Waals surface area contributed by atoms with Crippen molar-refractivity contribution >= 4 is 21.6 Å². The van der Waals surface area contributed by atoms with Gasteiger partial charge in [-0.3, -0.25) is 0 Å². The zero-order chi connectivity index (χ0) is 15.6. The summed E-state index contributed by atoms with van der Waals surface area (Å²) in [4.78, 5) is 0. The molecule has 2 aliphatic rings. The molecule has 1 aromatic heterocycles. The van der Waals surface area contributed by atoms with Crippen LogP contribution >= 0.6 is 11.8 Å². The zero-order valence-electron chi connectivity index (χ0n) is 12.5. The first-order valence-electron chi connectivity index (χ1n) is 7.67. The molecule has 0 radical (unpaired) electrons. The van der Waals surface area contributed by atoms with Gasteiger partial charge in [-0.15, -0.1) is 16.8 Å². The molecule has 0 amide bonds. The van der Waals surface area contributed by atoms with E-state index >= 15 is 0 Å². The van der Waals surface area contributed by atoms with Crippen LogP contribution in [0.1, 0.15) is 37.4 Å². The lowest BCUT2D eigenvalue weighted by molar-refractivity contribution is 0.597. The van der Waals surface area contributed by atoms with Crippen LogP contribution in [0.15, 0.2) is 30.0 Å². The Morgan fingerprint density at radius 3 is 2.91 bits per heavy atom. The lowest BCUT2D eigenvalue weighted by Gasteiger charge is -2.16. The van der Waals surface area contributed by atoms with Crippen molar-refractivity contribution in [2.24, 2.45) is 0 Å².